The van der Waals surface area contributed by atoms with Gasteiger partial charge in [0, 0.05) is 29.1 Å². The summed E-state index contributed by atoms with van der Waals surface area (Å²) in [5, 5.41) is 13.6. The Morgan fingerprint density at radius 3 is 2.77 bits per heavy atom. The van der Waals surface area contributed by atoms with E-state index in [9.17, 15) is 14.3 Å². The average Bonchev–Trinajstić information content (AvgIpc) is 3.69. The van der Waals surface area contributed by atoms with Crippen molar-refractivity contribution in [2.75, 3.05) is 13.1 Å². The topological polar surface area (TPSA) is 103 Å². The fourth-order valence-corrected chi connectivity index (χ4v) is 6.10. The molecule has 2 aromatic heterocycles. The van der Waals surface area contributed by atoms with E-state index in [1.165, 1.54) is 6.07 Å². The number of hydrogen-bond donors (Lipinski definition) is 1. The number of imidazole rings is 1. The lowest BCUT2D eigenvalue weighted by atomic mass is 9.88. The predicted molar refractivity (Wildman–Crippen MR) is 158 cm³/mol. The normalized spacial score (nSPS) is 19.0. The molecule has 0 spiro atoms. The lowest BCUT2D eigenvalue weighted by Crippen LogP contribution is -2.34. The molecular weight excluding hydrogens is 575 g/mol. The zero-order valence-electron chi connectivity index (χ0n) is 23.9. The fraction of sp³-hybridized carbons (Fsp3) is 0.344. The van der Waals surface area contributed by atoms with E-state index in [1.807, 2.05) is 23.6 Å². The maximum Gasteiger partial charge on any atom is 0.328 e. The van der Waals surface area contributed by atoms with Gasteiger partial charge < -0.3 is 23.7 Å². The van der Waals surface area contributed by atoms with Crippen molar-refractivity contribution in [3.63, 3.8) is 0 Å². The fourth-order valence-electron chi connectivity index (χ4n) is 5.94. The maximum atomic E-state index is 14.8. The second kappa shape index (κ2) is 11.9. The molecule has 6 rings (SSSR count). The van der Waals surface area contributed by atoms with Gasteiger partial charge in [-0.15, -0.1) is 0 Å². The molecule has 43 heavy (non-hydrogen) atoms. The largest absolute Gasteiger partial charge is 0.478 e. The van der Waals surface area contributed by atoms with Crippen molar-refractivity contribution in [1.82, 2.24) is 19.6 Å². The molecule has 11 heteroatoms. The number of carboxylic acid groups (broad SMARTS) is 1. The van der Waals surface area contributed by atoms with Crippen molar-refractivity contribution in [2.24, 2.45) is 0 Å². The number of aliphatic carboxylic acids is 1. The summed E-state index contributed by atoms with van der Waals surface area (Å²) in [7, 11) is 0. The molecule has 1 saturated heterocycles. The zero-order chi connectivity index (χ0) is 30.1. The lowest BCUT2D eigenvalue weighted by Gasteiger charge is -2.32. The van der Waals surface area contributed by atoms with Crippen LogP contribution in [0.4, 0.5) is 4.39 Å². The molecule has 0 radical (unpaired) electrons. The van der Waals surface area contributed by atoms with Crippen LogP contribution < -0.4 is 9.47 Å². The van der Waals surface area contributed by atoms with Crippen LogP contribution in [0.15, 0.2) is 59.5 Å². The van der Waals surface area contributed by atoms with Crippen molar-refractivity contribution in [3.05, 3.63) is 99.7 Å². The Hall–Kier alpha value is -4.15. The highest BCUT2D eigenvalue weighted by Crippen LogP contribution is 2.49. The molecule has 4 heterocycles. The monoisotopic (exact) mass is 606 g/mol. The number of rotatable bonds is 9. The van der Waals surface area contributed by atoms with Gasteiger partial charge in [-0.2, -0.15) is 0 Å². The minimum absolute atomic E-state index is 0.241. The first-order valence-electron chi connectivity index (χ1n) is 14.3. The molecule has 224 valence electrons. The standard InChI is InChI=1S/C32H32ClFN4O5/c1-3-27-21(19-41-36-27)17-38-23(8-10-30(39)40)16-35-29(38)18-37-13-11-20(12-14-37)24-5-4-6-28-31(24)43-32(2,42-28)25-9-7-22(33)15-26(25)34/h4-10,15-16,19-20H,3,11-14,17-18H2,1-2H3,(H,39,40)/b10-8+. The van der Waals surface area contributed by atoms with E-state index in [0.717, 1.165) is 61.1 Å². The lowest BCUT2D eigenvalue weighted by molar-refractivity contribution is -0.131. The van der Waals surface area contributed by atoms with E-state index in [4.69, 9.17) is 25.6 Å². The van der Waals surface area contributed by atoms with Crippen molar-refractivity contribution in [1.29, 1.82) is 0 Å². The number of halogens is 2. The highest BCUT2D eigenvalue weighted by atomic mass is 35.5. The van der Waals surface area contributed by atoms with E-state index in [2.05, 4.69) is 21.1 Å². The molecule has 0 amide bonds. The smallest absolute Gasteiger partial charge is 0.328 e. The van der Waals surface area contributed by atoms with Gasteiger partial charge in [0.15, 0.2) is 11.5 Å². The SMILES string of the molecule is CCc1nocc1Cn1c(/C=C/C(=O)O)cnc1CN1CCC(c2cccc3c2OC(C)(c2ccc(Cl)cc2F)O3)CC1. The van der Waals surface area contributed by atoms with Gasteiger partial charge in [0.05, 0.1) is 36.2 Å². The summed E-state index contributed by atoms with van der Waals surface area (Å²) in [6.45, 7) is 6.49. The van der Waals surface area contributed by atoms with Crippen LogP contribution in [-0.2, 0) is 30.1 Å². The quantitative estimate of drug-likeness (QED) is 0.219. The van der Waals surface area contributed by atoms with E-state index < -0.39 is 17.6 Å². The van der Waals surface area contributed by atoms with Gasteiger partial charge >= 0.3 is 5.97 Å². The Morgan fingerprint density at radius 1 is 1.21 bits per heavy atom. The average molecular weight is 607 g/mol. The predicted octanol–water partition coefficient (Wildman–Crippen LogP) is 6.40. The number of nitrogens with zero attached hydrogens (tertiary/aromatic N) is 4. The molecule has 0 bridgehead atoms. The molecule has 2 aliphatic heterocycles. The first-order chi connectivity index (χ1) is 20.7. The second-order valence-corrected chi connectivity index (χ2v) is 11.4. The van der Waals surface area contributed by atoms with Gasteiger partial charge in [-0.1, -0.05) is 35.8 Å². The Bertz CT molecular complexity index is 1680. The third-order valence-electron chi connectivity index (χ3n) is 8.18. The Morgan fingerprint density at radius 2 is 2.02 bits per heavy atom. The number of piperidine rings is 1. The van der Waals surface area contributed by atoms with Gasteiger partial charge in [-0.25, -0.2) is 14.2 Å². The van der Waals surface area contributed by atoms with E-state index in [1.54, 1.807) is 37.6 Å². The van der Waals surface area contributed by atoms with Crippen LogP contribution in [0.3, 0.4) is 0 Å². The minimum atomic E-state index is -1.29. The van der Waals surface area contributed by atoms with Crippen LogP contribution in [0, 0.1) is 5.82 Å². The minimum Gasteiger partial charge on any atom is -0.478 e. The molecular formula is C32H32ClFN4O5. The molecule has 2 aromatic carbocycles. The number of ether oxygens (including phenoxy) is 2. The highest BCUT2D eigenvalue weighted by Gasteiger charge is 2.43. The molecule has 1 fully saturated rings. The molecule has 0 saturated carbocycles. The molecule has 4 aromatic rings. The van der Waals surface area contributed by atoms with Gasteiger partial charge in [-0.05, 0) is 68.6 Å². The number of para-hydroxylation sites is 1. The summed E-state index contributed by atoms with van der Waals surface area (Å²) in [5.74, 6) is -0.456. The Kier molecular flexibility index (Phi) is 7.98. The number of carboxylic acids is 1. The van der Waals surface area contributed by atoms with Crippen LogP contribution in [-0.4, -0.2) is 43.8 Å². The number of benzene rings is 2. The first kappa shape index (κ1) is 28.9. The third-order valence-corrected chi connectivity index (χ3v) is 8.42. The summed E-state index contributed by atoms with van der Waals surface area (Å²) in [6.07, 6.45) is 8.53. The number of likely N-dealkylation sites (tertiary alicyclic amines) is 1. The van der Waals surface area contributed by atoms with Crippen LogP contribution in [0.2, 0.25) is 5.02 Å². The van der Waals surface area contributed by atoms with Gasteiger partial charge in [0.2, 0.25) is 0 Å². The van der Waals surface area contributed by atoms with Gasteiger partial charge in [0.25, 0.3) is 5.79 Å². The number of fused-ring (bicyclic) bond motifs is 1. The van der Waals surface area contributed by atoms with E-state index in [-0.39, 0.29) is 5.92 Å². The van der Waals surface area contributed by atoms with E-state index >= 15 is 0 Å². The number of aromatic nitrogens is 3. The van der Waals surface area contributed by atoms with Crippen molar-refractivity contribution in [3.8, 4) is 11.5 Å². The molecule has 1 atom stereocenters. The van der Waals surface area contributed by atoms with Crippen LogP contribution in [0.25, 0.3) is 6.08 Å². The third kappa shape index (κ3) is 5.89. The molecule has 0 aliphatic carbocycles. The Balaban J connectivity index is 1.17. The van der Waals surface area contributed by atoms with Crippen LogP contribution in [0.1, 0.15) is 66.5 Å². The summed E-state index contributed by atoms with van der Waals surface area (Å²) in [6, 6.07) is 10.4. The van der Waals surface area contributed by atoms with Crippen molar-refractivity contribution < 1.29 is 28.3 Å². The first-order valence-corrected chi connectivity index (χ1v) is 14.7. The van der Waals surface area contributed by atoms with Crippen molar-refractivity contribution >= 4 is 23.6 Å². The molecule has 9 nitrogen and oxygen atoms in total. The van der Waals surface area contributed by atoms with Crippen LogP contribution >= 0.6 is 11.6 Å². The maximum absolute atomic E-state index is 14.8. The highest BCUT2D eigenvalue weighted by molar-refractivity contribution is 6.30. The number of hydrogen-bond acceptors (Lipinski definition) is 7. The summed E-state index contributed by atoms with van der Waals surface area (Å²) < 4.78 is 34.5. The van der Waals surface area contributed by atoms with Crippen LogP contribution in [0.5, 0.6) is 11.5 Å². The van der Waals surface area contributed by atoms with Gasteiger partial charge in [-0.3, -0.25) is 4.90 Å². The van der Waals surface area contributed by atoms with E-state index in [0.29, 0.717) is 40.9 Å². The molecule has 1 N–H and O–H groups in total. The number of carbonyl (C=O) groups is 1. The number of aryl methyl sites for hydroxylation is 1. The summed E-state index contributed by atoms with van der Waals surface area (Å²) in [4.78, 5) is 18.2. The zero-order valence-corrected chi connectivity index (χ0v) is 24.7. The Labute approximate surface area is 253 Å². The van der Waals surface area contributed by atoms with Gasteiger partial charge in [0.1, 0.15) is 17.9 Å². The van der Waals surface area contributed by atoms with Crippen molar-refractivity contribution in [2.45, 2.75) is 57.9 Å². The summed E-state index contributed by atoms with van der Waals surface area (Å²) >= 11 is 5.97. The molecule has 1 unspecified atom stereocenters. The summed E-state index contributed by atoms with van der Waals surface area (Å²) in [5.41, 5.74) is 3.85. The molecule has 2 aliphatic rings. The second-order valence-electron chi connectivity index (χ2n) is 11.0.